The van der Waals surface area contributed by atoms with Crippen molar-refractivity contribution in [3.8, 4) is 5.75 Å². The Balaban J connectivity index is 1.52. The van der Waals surface area contributed by atoms with Crippen molar-refractivity contribution in [2.45, 2.75) is 51.2 Å². The molecule has 2 fully saturated rings. The van der Waals surface area contributed by atoms with E-state index in [9.17, 15) is 14.4 Å². The highest BCUT2D eigenvalue weighted by molar-refractivity contribution is 6.23. The van der Waals surface area contributed by atoms with Crippen LogP contribution in [0.1, 0.15) is 44.6 Å². The number of anilines is 1. The predicted octanol–water partition coefficient (Wildman–Crippen LogP) is 3.53. The molecule has 0 radical (unpaired) electrons. The van der Waals surface area contributed by atoms with Crippen LogP contribution in [0, 0.1) is 0 Å². The number of hydrogen-bond acceptors (Lipinski definition) is 5. The molecule has 0 N–H and O–H groups in total. The number of rotatable bonds is 8. The van der Waals surface area contributed by atoms with E-state index >= 15 is 0 Å². The maximum Gasteiger partial charge on any atom is 0.261 e. The Kier molecular flexibility index (Phi) is 7.08. The molecule has 2 unspecified atom stereocenters. The molecule has 0 aliphatic carbocycles. The quantitative estimate of drug-likeness (QED) is 0.575. The molecule has 2 atom stereocenters. The van der Waals surface area contributed by atoms with Crippen molar-refractivity contribution >= 4 is 23.4 Å². The van der Waals surface area contributed by atoms with Crippen LogP contribution in [-0.4, -0.2) is 54.5 Å². The zero-order valence-electron chi connectivity index (χ0n) is 19.1. The molecule has 0 aromatic heterocycles. The average molecular weight is 451 g/mol. The van der Waals surface area contributed by atoms with Gasteiger partial charge in [0.05, 0.1) is 18.2 Å². The number of carbonyl (C=O) groups excluding carboxylic acids is 3. The molecule has 0 spiro atoms. The number of hydrogen-bond donors (Lipinski definition) is 0. The Morgan fingerprint density at radius 1 is 1.12 bits per heavy atom. The average Bonchev–Trinajstić information content (AvgIpc) is 3.44. The minimum Gasteiger partial charge on any atom is -0.484 e. The van der Waals surface area contributed by atoms with Crippen molar-refractivity contribution < 1.29 is 23.9 Å². The fourth-order valence-corrected chi connectivity index (χ4v) is 4.29. The fraction of sp³-hybridized carbons (Fsp3) is 0.423. The minimum atomic E-state index is -0.863. The molecular weight excluding hydrogens is 420 g/mol. The van der Waals surface area contributed by atoms with E-state index in [1.54, 1.807) is 24.3 Å². The second kappa shape index (κ2) is 10.2. The highest BCUT2D eigenvalue weighted by atomic mass is 16.5. The van der Waals surface area contributed by atoms with E-state index in [1.807, 2.05) is 30.3 Å². The van der Waals surface area contributed by atoms with E-state index in [0.717, 1.165) is 18.4 Å². The Morgan fingerprint density at radius 3 is 2.48 bits per heavy atom. The monoisotopic (exact) mass is 450 g/mol. The lowest BCUT2D eigenvalue weighted by Gasteiger charge is -2.29. The van der Waals surface area contributed by atoms with Gasteiger partial charge in [-0.25, -0.2) is 4.90 Å². The predicted molar refractivity (Wildman–Crippen MR) is 124 cm³/mol. The first kappa shape index (κ1) is 23.0. The van der Waals surface area contributed by atoms with Crippen molar-refractivity contribution in [2.24, 2.45) is 0 Å². The van der Waals surface area contributed by atoms with Crippen molar-refractivity contribution in [1.82, 2.24) is 4.90 Å². The summed E-state index contributed by atoms with van der Waals surface area (Å²) in [6.07, 6.45) is 1.54. The minimum absolute atomic E-state index is 0.0471. The maximum atomic E-state index is 13.4. The van der Waals surface area contributed by atoms with Gasteiger partial charge in [0.15, 0.2) is 6.61 Å². The van der Waals surface area contributed by atoms with Gasteiger partial charge in [-0.2, -0.15) is 0 Å². The standard InChI is InChI=1S/C26H30N2O5/c1-18(2)19-10-12-20(13-11-19)28-24(29)15-23(26(28)31)27(16-22-9-6-14-32-22)25(30)17-33-21-7-4-3-5-8-21/h3-5,7-8,10-13,18,22-23H,6,9,14-17H2,1-2H3. The zero-order valence-corrected chi connectivity index (χ0v) is 19.1. The number of carbonyl (C=O) groups is 3. The third-order valence-corrected chi connectivity index (χ3v) is 6.17. The lowest BCUT2D eigenvalue weighted by molar-refractivity contribution is -0.141. The second-order valence-electron chi connectivity index (χ2n) is 8.82. The van der Waals surface area contributed by atoms with Crippen LogP contribution in [-0.2, 0) is 19.1 Å². The van der Waals surface area contributed by atoms with E-state index in [1.165, 1.54) is 9.80 Å². The molecule has 0 saturated carbocycles. The van der Waals surface area contributed by atoms with Crippen LogP contribution in [0.25, 0.3) is 0 Å². The molecule has 2 aliphatic rings. The van der Waals surface area contributed by atoms with Crippen LogP contribution in [0.4, 0.5) is 5.69 Å². The third kappa shape index (κ3) is 5.25. The first-order chi connectivity index (χ1) is 15.9. The van der Waals surface area contributed by atoms with Gasteiger partial charge in [0, 0.05) is 13.2 Å². The molecule has 2 aliphatic heterocycles. The van der Waals surface area contributed by atoms with Gasteiger partial charge in [0.2, 0.25) is 5.91 Å². The van der Waals surface area contributed by atoms with Crippen LogP contribution in [0.15, 0.2) is 54.6 Å². The molecule has 3 amide bonds. The summed E-state index contributed by atoms with van der Waals surface area (Å²) >= 11 is 0. The van der Waals surface area contributed by atoms with Crippen LogP contribution < -0.4 is 9.64 Å². The second-order valence-corrected chi connectivity index (χ2v) is 8.82. The van der Waals surface area contributed by atoms with Crippen molar-refractivity contribution in [3.63, 3.8) is 0 Å². The number of amides is 3. The Hall–Kier alpha value is -3.19. The van der Waals surface area contributed by atoms with Gasteiger partial charge in [-0.05, 0) is 48.6 Å². The zero-order chi connectivity index (χ0) is 23.4. The molecule has 2 heterocycles. The Labute approximate surface area is 194 Å². The highest BCUT2D eigenvalue weighted by Crippen LogP contribution is 2.28. The Morgan fingerprint density at radius 2 is 1.85 bits per heavy atom. The van der Waals surface area contributed by atoms with E-state index in [0.29, 0.717) is 24.0 Å². The number of benzene rings is 2. The normalized spacial score (nSPS) is 20.5. The van der Waals surface area contributed by atoms with Crippen LogP contribution in [0.3, 0.4) is 0 Å². The maximum absolute atomic E-state index is 13.4. The van der Waals surface area contributed by atoms with Gasteiger partial charge in [-0.1, -0.05) is 44.2 Å². The van der Waals surface area contributed by atoms with E-state index < -0.39 is 6.04 Å². The summed E-state index contributed by atoms with van der Waals surface area (Å²) in [7, 11) is 0. The molecule has 4 rings (SSSR count). The molecule has 174 valence electrons. The van der Waals surface area contributed by atoms with E-state index in [2.05, 4.69) is 13.8 Å². The molecule has 0 bridgehead atoms. The third-order valence-electron chi connectivity index (χ3n) is 6.17. The molecule has 7 nitrogen and oxygen atoms in total. The first-order valence-corrected chi connectivity index (χ1v) is 11.5. The number of para-hydroxylation sites is 1. The number of ether oxygens (including phenoxy) is 2. The van der Waals surface area contributed by atoms with Crippen LogP contribution >= 0.6 is 0 Å². The summed E-state index contributed by atoms with van der Waals surface area (Å²) in [5.41, 5.74) is 1.66. The highest BCUT2D eigenvalue weighted by Gasteiger charge is 2.45. The molecule has 33 heavy (non-hydrogen) atoms. The SMILES string of the molecule is CC(C)c1ccc(N2C(=O)CC(N(CC3CCCO3)C(=O)COc3ccccc3)C2=O)cc1. The fourth-order valence-electron chi connectivity index (χ4n) is 4.29. The Bertz CT molecular complexity index is 984. The van der Waals surface area contributed by atoms with Crippen molar-refractivity contribution in [3.05, 3.63) is 60.2 Å². The van der Waals surface area contributed by atoms with Crippen LogP contribution in [0.5, 0.6) is 5.75 Å². The van der Waals surface area contributed by atoms with Crippen molar-refractivity contribution in [2.75, 3.05) is 24.7 Å². The van der Waals surface area contributed by atoms with Gasteiger partial charge in [-0.15, -0.1) is 0 Å². The largest absolute Gasteiger partial charge is 0.484 e. The molecular formula is C26H30N2O5. The van der Waals surface area contributed by atoms with Crippen molar-refractivity contribution in [1.29, 1.82) is 0 Å². The van der Waals surface area contributed by atoms with Gasteiger partial charge < -0.3 is 14.4 Å². The van der Waals surface area contributed by atoms with Gasteiger partial charge in [0.25, 0.3) is 11.8 Å². The lowest BCUT2D eigenvalue weighted by atomic mass is 10.0. The van der Waals surface area contributed by atoms with Gasteiger partial charge >= 0.3 is 0 Å². The summed E-state index contributed by atoms with van der Waals surface area (Å²) in [6, 6.07) is 15.6. The van der Waals surface area contributed by atoms with Crippen LogP contribution in [0.2, 0.25) is 0 Å². The summed E-state index contributed by atoms with van der Waals surface area (Å²) < 4.78 is 11.4. The molecule has 2 saturated heterocycles. The van der Waals surface area contributed by atoms with Gasteiger partial charge in [0.1, 0.15) is 11.8 Å². The summed E-state index contributed by atoms with van der Waals surface area (Å²) in [6.45, 7) is 4.87. The van der Waals surface area contributed by atoms with Gasteiger partial charge in [-0.3, -0.25) is 14.4 Å². The van der Waals surface area contributed by atoms with E-state index in [4.69, 9.17) is 9.47 Å². The molecule has 2 aromatic carbocycles. The topological polar surface area (TPSA) is 76.2 Å². The smallest absolute Gasteiger partial charge is 0.261 e. The molecule has 7 heteroatoms. The lowest BCUT2D eigenvalue weighted by Crippen LogP contribution is -2.50. The summed E-state index contributed by atoms with van der Waals surface area (Å²) in [5.74, 6) is -0.109. The number of nitrogens with zero attached hydrogens (tertiary/aromatic N) is 2. The summed E-state index contributed by atoms with van der Waals surface area (Å²) in [4.78, 5) is 42.1. The number of imide groups is 1. The first-order valence-electron chi connectivity index (χ1n) is 11.5. The molecule has 2 aromatic rings. The summed E-state index contributed by atoms with van der Waals surface area (Å²) in [5, 5.41) is 0. The van der Waals surface area contributed by atoms with E-state index in [-0.39, 0.29) is 43.4 Å².